The van der Waals surface area contributed by atoms with Gasteiger partial charge in [-0.1, -0.05) is 47.5 Å². The van der Waals surface area contributed by atoms with E-state index in [1.165, 1.54) is 19.3 Å². The lowest BCUT2D eigenvalue weighted by atomic mass is 9.84. The van der Waals surface area contributed by atoms with Crippen LogP contribution in [0.3, 0.4) is 0 Å². The summed E-state index contributed by atoms with van der Waals surface area (Å²) < 4.78 is 0. The highest BCUT2D eigenvalue weighted by Crippen LogP contribution is 2.42. The van der Waals surface area contributed by atoms with Crippen molar-refractivity contribution in [3.05, 3.63) is 0 Å². The third kappa shape index (κ3) is 2.77. The fraction of sp³-hybridized carbons (Fsp3) is 0.882. The Hall–Kier alpha value is -0.860. The van der Waals surface area contributed by atoms with Gasteiger partial charge in [-0.25, -0.2) is 0 Å². The van der Waals surface area contributed by atoms with Crippen molar-refractivity contribution in [1.82, 2.24) is 4.90 Å². The third-order valence-corrected chi connectivity index (χ3v) is 4.86. The van der Waals surface area contributed by atoms with Gasteiger partial charge in [0, 0.05) is 17.4 Å². The molecule has 3 unspecified atom stereocenters. The maximum atomic E-state index is 12.8. The van der Waals surface area contributed by atoms with Crippen molar-refractivity contribution >= 4 is 11.7 Å². The molecule has 20 heavy (non-hydrogen) atoms. The first kappa shape index (κ1) is 15.5. The number of amides is 1. The predicted molar refractivity (Wildman–Crippen MR) is 80.3 cm³/mol. The molecule has 0 aromatic rings. The van der Waals surface area contributed by atoms with Gasteiger partial charge < -0.3 is 4.90 Å². The monoisotopic (exact) mass is 279 g/mol. The van der Waals surface area contributed by atoms with Gasteiger partial charge in [-0.3, -0.25) is 9.59 Å². The topological polar surface area (TPSA) is 37.4 Å². The molecule has 3 heteroatoms. The van der Waals surface area contributed by atoms with Gasteiger partial charge in [-0.05, 0) is 25.2 Å². The van der Waals surface area contributed by atoms with Crippen LogP contribution >= 0.6 is 0 Å². The van der Waals surface area contributed by atoms with Crippen molar-refractivity contribution in [3.63, 3.8) is 0 Å². The van der Waals surface area contributed by atoms with Crippen LogP contribution in [0.1, 0.15) is 66.7 Å². The number of nitrogens with zero attached hydrogens (tertiary/aromatic N) is 1. The molecule has 0 radical (unpaired) electrons. The highest BCUT2D eigenvalue weighted by Gasteiger charge is 2.49. The Morgan fingerprint density at radius 3 is 2.25 bits per heavy atom. The lowest BCUT2D eigenvalue weighted by Gasteiger charge is -2.37. The second-order valence-electron chi connectivity index (χ2n) is 7.88. The van der Waals surface area contributed by atoms with E-state index < -0.39 is 5.41 Å². The lowest BCUT2D eigenvalue weighted by Crippen LogP contribution is -2.51. The zero-order valence-electron chi connectivity index (χ0n) is 13.6. The summed E-state index contributed by atoms with van der Waals surface area (Å²) in [4.78, 5) is 27.3. The SMILES string of the molecule is CC(C)C(=O)C1CC2CCCCC2N1C(=O)C(C)(C)C. The van der Waals surface area contributed by atoms with Gasteiger partial charge in [0.2, 0.25) is 5.91 Å². The molecular formula is C17H29NO2. The molecule has 114 valence electrons. The molecule has 1 amide bonds. The summed E-state index contributed by atoms with van der Waals surface area (Å²) in [6.07, 6.45) is 5.59. The predicted octanol–water partition coefficient (Wildman–Crippen LogP) is 3.42. The second-order valence-corrected chi connectivity index (χ2v) is 7.88. The molecule has 2 fully saturated rings. The Morgan fingerprint density at radius 1 is 1.10 bits per heavy atom. The Balaban J connectivity index is 2.30. The van der Waals surface area contributed by atoms with E-state index in [2.05, 4.69) is 0 Å². The van der Waals surface area contributed by atoms with E-state index in [0.717, 1.165) is 12.8 Å². The van der Waals surface area contributed by atoms with Crippen LogP contribution in [0, 0.1) is 17.3 Å². The van der Waals surface area contributed by atoms with Crippen LogP contribution in [0.25, 0.3) is 0 Å². The quantitative estimate of drug-likeness (QED) is 0.776. The van der Waals surface area contributed by atoms with Crippen molar-refractivity contribution in [2.45, 2.75) is 78.8 Å². The van der Waals surface area contributed by atoms with Crippen LogP contribution in [0.2, 0.25) is 0 Å². The minimum atomic E-state index is -0.401. The van der Waals surface area contributed by atoms with E-state index in [4.69, 9.17) is 0 Å². The van der Waals surface area contributed by atoms with E-state index in [1.807, 2.05) is 39.5 Å². The summed E-state index contributed by atoms with van der Waals surface area (Å²) in [6.45, 7) is 9.78. The molecule has 0 aromatic carbocycles. The number of hydrogen-bond acceptors (Lipinski definition) is 2. The molecule has 1 saturated carbocycles. The van der Waals surface area contributed by atoms with E-state index in [0.29, 0.717) is 12.0 Å². The number of fused-ring (bicyclic) bond motifs is 1. The molecule has 0 aromatic heterocycles. The van der Waals surface area contributed by atoms with Gasteiger partial charge in [0.25, 0.3) is 0 Å². The Bertz CT molecular complexity index is 394. The van der Waals surface area contributed by atoms with E-state index in [9.17, 15) is 9.59 Å². The van der Waals surface area contributed by atoms with Crippen molar-refractivity contribution < 1.29 is 9.59 Å². The molecule has 3 atom stereocenters. The van der Waals surface area contributed by atoms with Crippen molar-refractivity contribution in [2.24, 2.45) is 17.3 Å². The first-order valence-corrected chi connectivity index (χ1v) is 8.10. The first-order chi connectivity index (χ1) is 9.23. The molecule has 1 saturated heterocycles. The number of ketones is 1. The lowest BCUT2D eigenvalue weighted by molar-refractivity contribution is -0.147. The number of carbonyl (C=O) groups is 2. The van der Waals surface area contributed by atoms with Gasteiger partial charge >= 0.3 is 0 Å². The highest BCUT2D eigenvalue weighted by atomic mass is 16.2. The molecule has 3 nitrogen and oxygen atoms in total. The van der Waals surface area contributed by atoms with Crippen molar-refractivity contribution in [2.75, 3.05) is 0 Å². The maximum Gasteiger partial charge on any atom is 0.228 e. The van der Waals surface area contributed by atoms with Crippen LogP contribution in [-0.2, 0) is 9.59 Å². The Kier molecular flexibility index (Phi) is 4.27. The number of Topliss-reactive ketones (excluding diaryl/α,β-unsaturated/α-hetero) is 1. The number of carbonyl (C=O) groups excluding carboxylic acids is 2. The minimum Gasteiger partial charge on any atom is -0.329 e. The normalized spacial score (nSPS) is 30.5. The summed E-state index contributed by atoms with van der Waals surface area (Å²) in [5.74, 6) is 0.959. The largest absolute Gasteiger partial charge is 0.329 e. The average Bonchev–Trinajstić information content (AvgIpc) is 2.74. The number of hydrogen-bond donors (Lipinski definition) is 0. The summed E-state index contributed by atoms with van der Waals surface area (Å²) in [5, 5.41) is 0. The zero-order chi connectivity index (χ0) is 15.1. The summed E-state index contributed by atoms with van der Waals surface area (Å²) in [5.41, 5.74) is -0.401. The molecule has 2 aliphatic rings. The van der Waals surface area contributed by atoms with Gasteiger partial charge in [0.05, 0.1) is 6.04 Å². The van der Waals surface area contributed by atoms with Crippen LogP contribution in [0.4, 0.5) is 0 Å². The molecular weight excluding hydrogens is 250 g/mol. The van der Waals surface area contributed by atoms with Crippen LogP contribution in [0.5, 0.6) is 0 Å². The zero-order valence-corrected chi connectivity index (χ0v) is 13.6. The minimum absolute atomic E-state index is 0.00965. The van der Waals surface area contributed by atoms with Crippen molar-refractivity contribution in [3.8, 4) is 0 Å². The molecule has 1 aliphatic carbocycles. The highest BCUT2D eigenvalue weighted by molar-refractivity contribution is 5.92. The summed E-state index contributed by atoms with van der Waals surface area (Å²) >= 11 is 0. The van der Waals surface area contributed by atoms with E-state index >= 15 is 0 Å². The fourth-order valence-electron chi connectivity index (χ4n) is 3.78. The Labute approximate surface area is 123 Å². The van der Waals surface area contributed by atoms with Crippen LogP contribution in [0.15, 0.2) is 0 Å². The second kappa shape index (κ2) is 5.50. The molecule has 1 aliphatic heterocycles. The smallest absolute Gasteiger partial charge is 0.228 e. The molecule has 0 N–H and O–H groups in total. The summed E-state index contributed by atoms with van der Waals surface area (Å²) in [6, 6.07) is 0.137. The summed E-state index contributed by atoms with van der Waals surface area (Å²) in [7, 11) is 0. The Morgan fingerprint density at radius 2 is 1.70 bits per heavy atom. The first-order valence-electron chi connectivity index (χ1n) is 8.10. The van der Waals surface area contributed by atoms with Gasteiger partial charge in [0.15, 0.2) is 5.78 Å². The average molecular weight is 279 g/mol. The maximum absolute atomic E-state index is 12.8. The van der Waals surface area contributed by atoms with Gasteiger partial charge in [0.1, 0.15) is 0 Å². The molecule has 1 heterocycles. The molecule has 0 bridgehead atoms. The number of rotatable bonds is 2. The van der Waals surface area contributed by atoms with E-state index in [-0.39, 0.29) is 23.7 Å². The standard InChI is InChI=1S/C17H29NO2/c1-11(2)15(19)14-10-12-8-6-7-9-13(12)18(14)16(20)17(3,4)5/h11-14H,6-10H2,1-5H3. The van der Waals surface area contributed by atoms with Gasteiger partial charge in [-0.15, -0.1) is 0 Å². The fourth-order valence-corrected chi connectivity index (χ4v) is 3.78. The van der Waals surface area contributed by atoms with E-state index in [1.54, 1.807) is 0 Å². The number of likely N-dealkylation sites (tertiary alicyclic amines) is 1. The molecule has 2 rings (SSSR count). The molecule has 0 spiro atoms. The van der Waals surface area contributed by atoms with Gasteiger partial charge in [-0.2, -0.15) is 0 Å². The van der Waals surface area contributed by atoms with Crippen molar-refractivity contribution in [1.29, 1.82) is 0 Å². The van der Waals surface area contributed by atoms with Crippen LogP contribution < -0.4 is 0 Å². The third-order valence-electron chi connectivity index (χ3n) is 4.86. The van der Waals surface area contributed by atoms with Crippen LogP contribution in [-0.4, -0.2) is 28.7 Å².